The van der Waals surface area contributed by atoms with Crippen LogP contribution in [-0.2, 0) is 0 Å². The number of fused-ring (bicyclic) bond motifs is 6. The van der Waals surface area contributed by atoms with E-state index in [2.05, 4.69) is 138 Å². The summed E-state index contributed by atoms with van der Waals surface area (Å²) in [5.41, 5.74) is 9.72. The van der Waals surface area contributed by atoms with Crippen LogP contribution in [-0.4, -0.2) is 16.3 Å². The van der Waals surface area contributed by atoms with Crippen molar-refractivity contribution in [2.24, 2.45) is 0 Å². The highest BCUT2D eigenvalue weighted by Gasteiger charge is 2.40. The standard InChI is InChI=1S/C41H25BN2O2/c1-2-10-29-23-31(22-21-26(29)9-1)44-35-14-6-5-13-34(35)43-41(44)28-19-17-27(18-20-28)30-24-38-40-39(25-30)46-37-16-8-4-12-33(37)42(40)32-11-3-7-15-36(32)45-38/h1-25H. The Hall–Kier alpha value is -6.07. The van der Waals surface area contributed by atoms with E-state index in [4.69, 9.17) is 14.5 Å². The van der Waals surface area contributed by atoms with Crippen molar-refractivity contribution in [3.05, 3.63) is 152 Å². The van der Waals surface area contributed by atoms with Crippen molar-refractivity contribution in [1.82, 2.24) is 9.55 Å². The molecule has 0 aliphatic carbocycles. The molecule has 0 amide bonds. The lowest BCUT2D eigenvalue weighted by molar-refractivity contribution is 0.465. The van der Waals surface area contributed by atoms with Gasteiger partial charge in [0.15, 0.2) is 0 Å². The first-order chi connectivity index (χ1) is 22.8. The molecular formula is C41H25BN2O2. The number of nitrogens with zero attached hydrogens (tertiary/aromatic N) is 2. The zero-order valence-electron chi connectivity index (χ0n) is 24.7. The molecule has 0 unspecified atom stereocenters. The van der Waals surface area contributed by atoms with Gasteiger partial charge in [-0.2, -0.15) is 0 Å². The molecule has 7 aromatic carbocycles. The molecule has 0 spiro atoms. The van der Waals surface area contributed by atoms with Gasteiger partial charge in [-0.1, -0.05) is 103 Å². The van der Waals surface area contributed by atoms with Gasteiger partial charge in [0.2, 0.25) is 0 Å². The minimum atomic E-state index is 0.0689. The van der Waals surface area contributed by atoms with Crippen LogP contribution in [0.25, 0.3) is 50.0 Å². The van der Waals surface area contributed by atoms with Crippen molar-refractivity contribution in [3.8, 4) is 51.2 Å². The van der Waals surface area contributed by atoms with Gasteiger partial charge in [-0.25, -0.2) is 4.98 Å². The van der Waals surface area contributed by atoms with Gasteiger partial charge in [-0.15, -0.1) is 0 Å². The summed E-state index contributed by atoms with van der Waals surface area (Å²) in [5.74, 6) is 4.37. The molecule has 2 aliphatic heterocycles. The van der Waals surface area contributed by atoms with Crippen molar-refractivity contribution in [2.75, 3.05) is 0 Å². The summed E-state index contributed by atoms with van der Waals surface area (Å²) in [5, 5.41) is 2.42. The van der Waals surface area contributed by atoms with E-state index in [1.165, 1.54) is 21.7 Å². The van der Waals surface area contributed by atoms with Crippen molar-refractivity contribution in [1.29, 1.82) is 0 Å². The van der Waals surface area contributed by atoms with E-state index >= 15 is 0 Å². The molecule has 0 bridgehead atoms. The molecule has 3 heterocycles. The van der Waals surface area contributed by atoms with Gasteiger partial charge in [0.05, 0.1) is 11.0 Å². The molecule has 4 nitrogen and oxygen atoms in total. The van der Waals surface area contributed by atoms with Gasteiger partial charge < -0.3 is 9.47 Å². The Balaban J connectivity index is 1.08. The van der Waals surface area contributed by atoms with Crippen molar-refractivity contribution < 1.29 is 9.47 Å². The van der Waals surface area contributed by atoms with E-state index in [-0.39, 0.29) is 6.71 Å². The number of ether oxygens (including phenoxy) is 2. The Morgan fingerprint density at radius 2 is 1.09 bits per heavy atom. The zero-order chi connectivity index (χ0) is 30.2. The van der Waals surface area contributed by atoms with E-state index < -0.39 is 0 Å². The average molecular weight is 588 g/mol. The normalized spacial score (nSPS) is 12.7. The first-order valence-corrected chi connectivity index (χ1v) is 15.6. The maximum absolute atomic E-state index is 6.53. The van der Waals surface area contributed by atoms with Crippen molar-refractivity contribution in [2.45, 2.75) is 0 Å². The van der Waals surface area contributed by atoms with Gasteiger partial charge >= 0.3 is 0 Å². The topological polar surface area (TPSA) is 36.3 Å². The molecule has 0 radical (unpaired) electrons. The molecule has 1 aromatic heterocycles. The van der Waals surface area contributed by atoms with E-state index in [1.807, 2.05) is 18.2 Å². The molecule has 214 valence electrons. The van der Waals surface area contributed by atoms with Crippen LogP contribution in [0.4, 0.5) is 0 Å². The Morgan fingerprint density at radius 1 is 0.478 bits per heavy atom. The van der Waals surface area contributed by atoms with Gasteiger partial charge in [-0.05, 0) is 81.4 Å². The van der Waals surface area contributed by atoms with Crippen LogP contribution in [0.15, 0.2) is 152 Å². The number of rotatable bonds is 3. The molecule has 0 saturated carbocycles. The Kier molecular flexibility index (Phi) is 5.34. The van der Waals surface area contributed by atoms with E-state index in [9.17, 15) is 0 Å². The highest BCUT2D eigenvalue weighted by molar-refractivity contribution is 6.98. The maximum Gasteiger partial charge on any atom is 0.260 e. The van der Waals surface area contributed by atoms with Crippen LogP contribution in [0.3, 0.4) is 0 Å². The van der Waals surface area contributed by atoms with Gasteiger partial charge in [0.25, 0.3) is 6.71 Å². The van der Waals surface area contributed by atoms with Crippen LogP contribution in [0.1, 0.15) is 0 Å². The lowest BCUT2D eigenvalue weighted by atomic mass is 9.35. The summed E-state index contributed by atoms with van der Waals surface area (Å²) >= 11 is 0. The van der Waals surface area contributed by atoms with E-state index in [1.54, 1.807) is 0 Å². The van der Waals surface area contributed by atoms with Crippen LogP contribution in [0.2, 0.25) is 0 Å². The molecule has 0 atom stereocenters. The monoisotopic (exact) mass is 588 g/mol. The third-order valence-corrected chi connectivity index (χ3v) is 9.32. The maximum atomic E-state index is 6.53. The molecule has 8 aromatic rings. The molecule has 10 rings (SSSR count). The fraction of sp³-hybridized carbons (Fsp3) is 0. The summed E-state index contributed by atoms with van der Waals surface area (Å²) in [6, 6.07) is 53.0. The predicted molar refractivity (Wildman–Crippen MR) is 187 cm³/mol. The molecule has 0 N–H and O–H groups in total. The van der Waals surface area contributed by atoms with Crippen LogP contribution in [0, 0.1) is 0 Å². The van der Waals surface area contributed by atoms with E-state index in [0.29, 0.717) is 0 Å². The van der Waals surface area contributed by atoms with Crippen LogP contribution >= 0.6 is 0 Å². The third-order valence-electron chi connectivity index (χ3n) is 9.32. The highest BCUT2D eigenvalue weighted by atomic mass is 16.5. The van der Waals surface area contributed by atoms with Gasteiger partial charge in [0, 0.05) is 16.7 Å². The summed E-state index contributed by atoms with van der Waals surface area (Å²) in [7, 11) is 0. The number of hydrogen-bond donors (Lipinski definition) is 0. The predicted octanol–water partition coefficient (Wildman–Crippen LogP) is 8.24. The largest absolute Gasteiger partial charge is 0.458 e. The minimum Gasteiger partial charge on any atom is -0.458 e. The summed E-state index contributed by atoms with van der Waals surface area (Å²) in [6.07, 6.45) is 0. The molecule has 2 aliphatic rings. The second-order valence-electron chi connectivity index (χ2n) is 12.0. The second kappa shape index (κ2) is 9.72. The number of imidazole rings is 1. The number of aromatic nitrogens is 2. The zero-order valence-corrected chi connectivity index (χ0v) is 24.7. The third kappa shape index (κ3) is 3.78. The number of benzene rings is 7. The highest BCUT2D eigenvalue weighted by Crippen LogP contribution is 2.39. The van der Waals surface area contributed by atoms with Crippen molar-refractivity contribution in [3.63, 3.8) is 0 Å². The first kappa shape index (κ1) is 25.3. The van der Waals surface area contributed by atoms with Crippen LogP contribution in [0.5, 0.6) is 23.0 Å². The lowest BCUT2D eigenvalue weighted by Crippen LogP contribution is -2.57. The van der Waals surface area contributed by atoms with E-state index in [0.717, 1.165) is 67.7 Å². The summed E-state index contributed by atoms with van der Waals surface area (Å²) < 4.78 is 15.3. The summed E-state index contributed by atoms with van der Waals surface area (Å²) in [6.45, 7) is 0.0689. The molecule has 46 heavy (non-hydrogen) atoms. The fourth-order valence-electron chi connectivity index (χ4n) is 7.17. The SMILES string of the molecule is c1ccc2c(c1)Oc1cc(-c3ccc(-c4nc5ccccc5n4-c4ccc5ccccc5c4)cc3)cc3c1B2c1ccccc1O3. The summed E-state index contributed by atoms with van der Waals surface area (Å²) in [4.78, 5) is 5.11. The quantitative estimate of drug-likeness (QED) is 0.195. The van der Waals surface area contributed by atoms with Gasteiger partial charge in [-0.3, -0.25) is 4.57 Å². The Labute approximate surface area is 266 Å². The molecular weight excluding hydrogens is 563 g/mol. The molecule has 0 saturated heterocycles. The number of hydrogen-bond acceptors (Lipinski definition) is 3. The number of para-hydroxylation sites is 4. The molecule has 0 fully saturated rings. The average Bonchev–Trinajstić information content (AvgIpc) is 3.51. The Morgan fingerprint density at radius 3 is 1.83 bits per heavy atom. The lowest BCUT2D eigenvalue weighted by Gasteiger charge is -2.33. The van der Waals surface area contributed by atoms with Crippen LogP contribution < -0.4 is 25.9 Å². The smallest absolute Gasteiger partial charge is 0.260 e. The van der Waals surface area contributed by atoms with Gasteiger partial charge in [0.1, 0.15) is 28.8 Å². The second-order valence-corrected chi connectivity index (χ2v) is 12.0. The van der Waals surface area contributed by atoms with Crippen molar-refractivity contribution >= 4 is 44.9 Å². The molecule has 5 heteroatoms. The Bertz CT molecular complexity index is 2430. The first-order valence-electron chi connectivity index (χ1n) is 15.6. The minimum absolute atomic E-state index is 0.0689. The fourth-order valence-corrected chi connectivity index (χ4v) is 7.17.